The molecule has 0 aliphatic rings. The van der Waals surface area contributed by atoms with Gasteiger partial charge in [0.05, 0.1) is 11.0 Å². The minimum Gasteiger partial charge on any atom is -0.391 e. The second kappa shape index (κ2) is 7.40. The summed E-state index contributed by atoms with van der Waals surface area (Å²) in [6.45, 7) is 9.80. The number of aromatic nitrogens is 2. The van der Waals surface area contributed by atoms with Crippen molar-refractivity contribution in [3.05, 3.63) is 15.8 Å². The van der Waals surface area contributed by atoms with Crippen LogP contribution in [0.15, 0.2) is 0 Å². The molecule has 0 aromatic carbocycles. The molecule has 0 saturated carbocycles. The van der Waals surface area contributed by atoms with Crippen LogP contribution in [0, 0.1) is 23.0 Å². The molecule has 7 nitrogen and oxygen atoms in total. The first-order chi connectivity index (χ1) is 9.83. The van der Waals surface area contributed by atoms with E-state index in [1.165, 1.54) is 0 Å². The van der Waals surface area contributed by atoms with Crippen LogP contribution in [0.3, 0.4) is 0 Å². The number of aliphatic hydroxyl groups excluding tert-OH is 1. The molecular weight excluding hydrogens is 272 g/mol. The third-order valence-electron chi connectivity index (χ3n) is 3.80. The summed E-state index contributed by atoms with van der Waals surface area (Å²) in [5, 5.41) is 28.6. The Labute approximate surface area is 125 Å². The van der Waals surface area contributed by atoms with Crippen LogP contribution in [0.25, 0.3) is 0 Å². The first kappa shape index (κ1) is 17.4. The Morgan fingerprint density at radius 2 is 1.95 bits per heavy atom. The molecule has 1 rings (SSSR count). The van der Waals surface area contributed by atoms with E-state index >= 15 is 0 Å². The van der Waals surface area contributed by atoms with Crippen LogP contribution in [-0.2, 0) is 0 Å². The highest BCUT2D eigenvalue weighted by molar-refractivity contribution is 5.59. The Balaban J connectivity index is 2.98. The summed E-state index contributed by atoms with van der Waals surface area (Å²) in [5.74, 6) is 0.561. The molecule has 1 aromatic rings. The molecule has 0 amide bonds. The largest absolute Gasteiger partial charge is 0.391 e. The van der Waals surface area contributed by atoms with E-state index in [2.05, 4.69) is 10.4 Å². The van der Waals surface area contributed by atoms with Gasteiger partial charge in [-0.2, -0.15) is 5.10 Å². The van der Waals surface area contributed by atoms with Crippen molar-refractivity contribution in [2.24, 2.45) is 5.92 Å². The smallest absolute Gasteiger partial charge is 0.333 e. The Morgan fingerprint density at radius 1 is 1.38 bits per heavy atom. The number of rotatable bonds is 8. The van der Waals surface area contributed by atoms with Gasteiger partial charge >= 0.3 is 5.69 Å². The molecule has 0 fully saturated rings. The van der Waals surface area contributed by atoms with Crippen molar-refractivity contribution in [2.45, 2.75) is 59.6 Å². The molecule has 120 valence electrons. The van der Waals surface area contributed by atoms with Crippen molar-refractivity contribution in [2.75, 3.05) is 11.9 Å². The number of nitro groups is 1. The summed E-state index contributed by atoms with van der Waals surface area (Å²) >= 11 is 0. The Kier molecular flexibility index (Phi) is 6.14. The monoisotopic (exact) mass is 298 g/mol. The van der Waals surface area contributed by atoms with E-state index in [4.69, 9.17) is 0 Å². The van der Waals surface area contributed by atoms with Gasteiger partial charge in [0, 0.05) is 12.6 Å². The van der Waals surface area contributed by atoms with Gasteiger partial charge in [-0.25, -0.2) is 4.68 Å². The topological polar surface area (TPSA) is 93.2 Å². The molecule has 0 spiro atoms. The van der Waals surface area contributed by atoms with E-state index in [-0.39, 0.29) is 24.2 Å². The van der Waals surface area contributed by atoms with Crippen LogP contribution in [0.5, 0.6) is 0 Å². The minimum absolute atomic E-state index is 0.00481. The van der Waals surface area contributed by atoms with Crippen LogP contribution >= 0.6 is 0 Å². The van der Waals surface area contributed by atoms with E-state index in [0.29, 0.717) is 11.5 Å². The lowest BCUT2D eigenvalue weighted by Crippen LogP contribution is -2.28. The lowest BCUT2D eigenvalue weighted by Gasteiger charge is -2.21. The van der Waals surface area contributed by atoms with Crippen molar-refractivity contribution in [3.8, 4) is 0 Å². The van der Waals surface area contributed by atoms with Crippen LogP contribution in [0.4, 0.5) is 11.5 Å². The second-order valence-electron chi connectivity index (χ2n) is 5.60. The van der Waals surface area contributed by atoms with Crippen molar-refractivity contribution in [3.63, 3.8) is 0 Å². The highest BCUT2D eigenvalue weighted by Gasteiger charge is 2.27. The van der Waals surface area contributed by atoms with Gasteiger partial charge in [0.1, 0.15) is 5.69 Å². The number of anilines is 1. The van der Waals surface area contributed by atoms with Crippen molar-refractivity contribution in [1.29, 1.82) is 0 Å². The van der Waals surface area contributed by atoms with Crippen molar-refractivity contribution in [1.82, 2.24) is 9.78 Å². The van der Waals surface area contributed by atoms with Crippen LogP contribution in [-0.4, -0.2) is 32.5 Å². The Morgan fingerprint density at radius 3 is 2.38 bits per heavy atom. The molecule has 0 aliphatic carbocycles. The molecule has 1 unspecified atom stereocenters. The highest BCUT2D eigenvalue weighted by atomic mass is 16.6. The number of hydrogen-bond acceptors (Lipinski definition) is 5. The summed E-state index contributed by atoms with van der Waals surface area (Å²) in [7, 11) is 0. The quantitative estimate of drug-likeness (QED) is 0.568. The number of aliphatic hydroxyl groups is 1. The van der Waals surface area contributed by atoms with E-state index in [0.717, 1.165) is 12.8 Å². The highest BCUT2D eigenvalue weighted by Crippen LogP contribution is 2.30. The van der Waals surface area contributed by atoms with Gasteiger partial charge in [-0.3, -0.25) is 10.1 Å². The van der Waals surface area contributed by atoms with Crippen LogP contribution in [0.1, 0.15) is 52.3 Å². The Hall–Kier alpha value is -1.63. The molecule has 2 N–H and O–H groups in total. The fourth-order valence-electron chi connectivity index (χ4n) is 2.50. The summed E-state index contributed by atoms with van der Waals surface area (Å²) in [5.41, 5.74) is 0.369. The predicted octanol–water partition coefficient (Wildman–Crippen LogP) is 2.89. The molecule has 0 bridgehead atoms. The Bertz CT molecular complexity index is 481. The molecule has 0 radical (unpaired) electrons. The first-order valence-electron chi connectivity index (χ1n) is 7.48. The SMILES string of the molecule is CCC(CC)C(O)CNc1c([N+](=O)[O-])c(C)nn1C(C)C. The molecule has 0 saturated heterocycles. The molecule has 7 heteroatoms. The van der Waals surface area contributed by atoms with Crippen molar-refractivity contribution >= 4 is 11.5 Å². The molecule has 0 aliphatic heterocycles. The minimum atomic E-state index is -0.532. The molecule has 21 heavy (non-hydrogen) atoms. The zero-order valence-electron chi connectivity index (χ0n) is 13.5. The average molecular weight is 298 g/mol. The number of hydrogen-bond donors (Lipinski definition) is 2. The predicted molar refractivity (Wildman–Crippen MR) is 82.6 cm³/mol. The zero-order valence-corrected chi connectivity index (χ0v) is 13.5. The fraction of sp³-hybridized carbons (Fsp3) is 0.786. The summed E-state index contributed by atoms with van der Waals surface area (Å²) in [6, 6.07) is 0.00481. The fourth-order valence-corrected chi connectivity index (χ4v) is 2.50. The lowest BCUT2D eigenvalue weighted by atomic mass is 9.96. The van der Waals surface area contributed by atoms with E-state index in [1.807, 2.05) is 27.7 Å². The molecule has 1 atom stereocenters. The van der Waals surface area contributed by atoms with E-state index in [9.17, 15) is 15.2 Å². The maximum absolute atomic E-state index is 11.2. The standard InChI is InChI=1S/C14H26N4O3/c1-6-11(7-2)12(19)8-15-14-13(18(20)21)10(5)16-17(14)9(3)4/h9,11-12,15,19H,6-8H2,1-5H3. The first-order valence-corrected chi connectivity index (χ1v) is 7.48. The molecule has 1 heterocycles. The van der Waals surface area contributed by atoms with Crippen LogP contribution in [0.2, 0.25) is 0 Å². The average Bonchev–Trinajstić information content (AvgIpc) is 2.74. The zero-order chi connectivity index (χ0) is 16.2. The summed E-state index contributed by atoms with van der Waals surface area (Å²) < 4.78 is 1.60. The molecular formula is C14H26N4O3. The number of aryl methyl sites for hydroxylation is 1. The maximum Gasteiger partial charge on any atom is 0.333 e. The number of nitrogens with one attached hydrogen (secondary N) is 1. The second-order valence-corrected chi connectivity index (χ2v) is 5.60. The lowest BCUT2D eigenvalue weighted by molar-refractivity contribution is -0.384. The van der Waals surface area contributed by atoms with Gasteiger partial charge in [0.15, 0.2) is 0 Å². The van der Waals surface area contributed by atoms with Crippen LogP contribution < -0.4 is 5.32 Å². The number of nitrogens with zero attached hydrogens (tertiary/aromatic N) is 3. The van der Waals surface area contributed by atoms with E-state index < -0.39 is 11.0 Å². The van der Waals surface area contributed by atoms with Crippen molar-refractivity contribution < 1.29 is 10.0 Å². The normalized spacial score (nSPS) is 13.0. The third kappa shape index (κ3) is 3.93. The van der Waals surface area contributed by atoms with Gasteiger partial charge < -0.3 is 10.4 Å². The van der Waals surface area contributed by atoms with Gasteiger partial charge in [-0.15, -0.1) is 0 Å². The summed E-state index contributed by atoms with van der Waals surface area (Å²) in [6.07, 6.45) is 1.23. The molecule has 1 aromatic heterocycles. The van der Waals surface area contributed by atoms with Gasteiger partial charge in [0.2, 0.25) is 5.82 Å². The van der Waals surface area contributed by atoms with E-state index in [1.54, 1.807) is 11.6 Å². The van der Waals surface area contributed by atoms with Gasteiger partial charge in [-0.05, 0) is 26.7 Å². The third-order valence-corrected chi connectivity index (χ3v) is 3.80. The van der Waals surface area contributed by atoms with Gasteiger partial charge in [0.25, 0.3) is 0 Å². The van der Waals surface area contributed by atoms with Gasteiger partial charge in [-0.1, -0.05) is 26.7 Å². The maximum atomic E-state index is 11.2. The summed E-state index contributed by atoms with van der Waals surface area (Å²) in [4.78, 5) is 10.8.